The fourth-order valence-corrected chi connectivity index (χ4v) is 4.49. The normalized spacial score (nSPS) is 13.9. The van der Waals surface area contributed by atoms with Crippen molar-refractivity contribution in [2.24, 2.45) is 4.99 Å². The van der Waals surface area contributed by atoms with Gasteiger partial charge in [-0.15, -0.1) is 0 Å². The average molecular weight is 363 g/mol. The van der Waals surface area contributed by atoms with Gasteiger partial charge in [0.25, 0.3) is 10.0 Å². The molecule has 4 rings (SSSR count). The van der Waals surface area contributed by atoms with Gasteiger partial charge < -0.3 is 0 Å². The Morgan fingerprint density at radius 2 is 1.81 bits per heavy atom. The lowest BCUT2D eigenvalue weighted by Gasteiger charge is -2.19. The van der Waals surface area contributed by atoms with Gasteiger partial charge in [-0.1, -0.05) is 24.3 Å². The molecular formula is C20H17N3O2S. The molecule has 0 amide bonds. The van der Waals surface area contributed by atoms with Crippen LogP contribution >= 0.6 is 0 Å². The minimum Gasteiger partial charge on any atom is -0.266 e. The predicted molar refractivity (Wildman–Crippen MR) is 103 cm³/mol. The molecule has 3 aromatic rings. The molecule has 0 atom stereocenters. The summed E-state index contributed by atoms with van der Waals surface area (Å²) in [4.78, 5) is 8.66. The van der Waals surface area contributed by atoms with Crippen LogP contribution in [0.5, 0.6) is 0 Å². The second-order valence-corrected chi connectivity index (χ2v) is 7.86. The standard InChI is InChI=1S/C20H17N3O2S/c24-26(25,23-13-11-17-5-1-2-6-20(17)23)19-9-7-18(8-10-19)22-15-16-4-3-12-21-14-16/h1-10,12,14-15H,11,13H2. The highest BCUT2D eigenvalue weighted by molar-refractivity contribution is 7.92. The predicted octanol–water partition coefficient (Wildman–Crippen LogP) is 3.58. The molecule has 0 aliphatic carbocycles. The van der Waals surface area contributed by atoms with Crippen LogP contribution in [0.4, 0.5) is 11.4 Å². The summed E-state index contributed by atoms with van der Waals surface area (Å²) >= 11 is 0. The lowest BCUT2D eigenvalue weighted by molar-refractivity contribution is 0.592. The third kappa shape index (κ3) is 3.11. The summed E-state index contributed by atoms with van der Waals surface area (Å²) in [6.45, 7) is 0.475. The number of benzene rings is 2. The van der Waals surface area contributed by atoms with E-state index in [1.807, 2.05) is 36.4 Å². The van der Waals surface area contributed by atoms with Crippen LogP contribution in [0.15, 0.2) is 82.9 Å². The van der Waals surface area contributed by atoms with Crippen LogP contribution < -0.4 is 4.31 Å². The molecule has 0 fully saturated rings. The van der Waals surface area contributed by atoms with Crippen molar-refractivity contribution in [3.8, 4) is 0 Å². The Morgan fingerprint density at radius 1 is 1.00 bits per heavy atom. The molecule has 1 aromatic heterocycles. The number of aliphatic imine (C=N–C) groups is 1. The quantitative estimate of drug-likeness (QED) is 0.666. The number of hydrogen-bond donors (Lipinski definition) is 0. The second kappa shape index (κ2) is 6.72. The van der Waals surface area contributed by atoms with Crippen molar-refractivity contribution < 1.29 is 8.42 Å². The topological polar surface area (TPSA) is 62.6 Å². The third-order valence-electron chi connectivity index (χ3n) is 4.32. The van der Waals surface area contributed by atoms with Crippen LogP contribution in [-0.2, 0) is 16.4 Å². The van der Waals surface area contributed by atoms with E-state index in [1.54, 1.807) is 42.9 Å². The zero-order valence-corrected chi connectivity index (χ0v) is 14.8. The maximum Gasteiger partial charge on any atom is 0.264 e. The number of para-hydroxylation sites is 1. The third-order valence-corrected chi connectivity index (χ3v) is 6.14. The Bertz CT molecular complexity index is 1050. The van der Waals surface area contributed by atoms with Crippen LogP contribution in [0.25, 0.3) is 0 Å². The number of hydrogen-bond acceptors (Lipinski definition) is 4. The number of pyridine rings is 1. The maximum atomic E-state index is 13.0. The molecular weight excluding hydrogens is 346 g/mol. The van der Waals surface area contributed by atoms with Crippen LogP contribution in [0.2, 0.25) is 0 Å². The fraction of sp³-hybridized carbons (Fsp3) is 0.100. The summed E-state index contributed by atoms with van der Waals surface area (Å²) < 4.78 is 27.4. The van der Waals surface area contributed by atoms with Gasteiger partial charge in [0.1, 0.15) is 0 Å². The molecule has 2 aromatic carbocycles. The molecule has 6 heteroatoms. The molecule has 2 heterocycles. The van der Waals surface area contributed by atoms with Crippen LogP contribution in [0.3, 0.4) is 0 Å². The van der Waals surface area contributed by atoms with E-state index in [1.165, 1.54) is 4.31 Å². The van der Waals surface area contributed by atoms with Gasteiger partial charge in [0.05, 0.1) is 16.3 Å². The molecule has 5 nitrogen and oxygen atoms in total. The van der Waals surface area contributed by atoms with Crippen LogP contribution in [0, 0.1) is 0 Å². The molecule has 0 saturated heterocycles. The lowest BCUT2D eigenvalue weighted by atomic mass is 10.2. The summed E-state index contributed by atoms with van der Waals surface area (Å²) in [5.74, 6) is 0. The SMILES string of the molecule is O=S(=O)(c1ccc(N=Cc2cccnc2)cc1)N1CCc2ccccc21. The van der Waals surface area contributed by atoms with Gasteiger partial charge in [0.2, 0.25) is 0 Å². The molecule has 26 heavy (non-hydrogen) atoms. The number of sulfonamides is 1. The number of nitrogens with zero attached hydrogens (tertiary/aromatic N) is 3. The second-order valence-electron chi connectivity index (χ2n) is 5.99. The zero-order valence-electron chi connectivity index (χ0n) is 14.0. The summed E-state index contributed by atoms with van der Waals surface area (Å²) in [7, 11) is -3.56. The van der Waals surface area contributed by atoms with E-state index < -0.39 is 10.0 Å². The Hall–Kier alpha value is -2.99. The molecule has 1 aliphatic heterocycles. The summed E-state index contributed by atoms with van der Waals surface area (Å²) in [6, 6.07) is 18.0. The summed E-state index contributed by atoms with van der Waals surface area (Å²) in [5.41, 5.74) is 3.41. The molecule has 0 saturated carbocycles. The van der Waals surface area contributed by atoms with E-state index in [0.717, 1.165) is 23.2 Å². The van der Waals surface area contributed by atoms with Gasteiger partial charge in [-0.3, -0.25) is 14.3 Å². The number of aromatic nitrogens is 1. The first kappa shape index (κ1) is 16.5. The minimum absolute atomic E-state index is 0.273. The Morgan fingerprint density at radius 3 is 2.58 bits per heavy atom. The van der Waals surface area contributed by atoms with E-state index >= 15 is 0 Å². The summed E-state index contributed by atoms with van der Waals surface area (Å²) in [6.07, 6.45) is 5.86. The van der Waals surface area contributed by atoms with E-state index in [4.69, 9.17) is 0 Å². The number of rotatable bonds is 4. The Balaban J connectivity index is 1.58. The number of anilines is 1. The van der Waals surface area contributed by atoms with E-state index in [0.29, 0.717) is 12.2 Å². The largest absolute Gasteiger partial charge is 0.266 e. The van der Waals surface area contributed by atoms with Crippen LogP contribution in [0.1, 0.15) is 11.1 Å². The highest BCUT2D eigenvalue weighted by Crippen LogP contribution is 2.32. The molecule has 1 aliphatic rings. The monoisotopic (exact) mass is 363 g/mol. The van der Waals surface area contributed by atoms with E-state index in [9.17, 15) is 8.42 Å². The Kier molecular flexibility index (Phi) is 4.26. The van der Waals surface area contributed by atoms with Crippen molar-refractivity contribution in [3.63, 3.8) is 0 Å². The Labute approximate surface area is 152 Å². The molecule has 0 radical (unpaired) electrons. The van der Waals surface area contributed by atoms with Gasteiger partial charge >= 0.3 is 0 Å². The molecule has 0 bridgehead atoms. The highest BCUT2D eigenvalue weighted by Gasteiger charge is 2.30. The van der Waals surface area contributed by atoms with Gasteiger partial charge in [-0.2, -0.15) is 0 Å². The number of fused-ring (bicyclic) bond motifs is 1. The lowest BCUT2D eigenvalue weighted by Crippen LogP contribution is -2.29. The molecule has 130 valence electrons. The maximum absolute atomic E-state index is 13.0. The van der Waals surface area contributed by atoms with Crippen molar-refractivity contribution in [2.45, 2.75) is 11.3 Å². The van der Waals surface area contributed by atoms with Gasteiger partial charge in [-0.25, -0.2) is 8.42 Å². The van der Waals surface area contributed by atoms with Crippen molar-refractivity contribution >= 4 is 27.6 Å². The first-order chi connectivity index (χ1) is 12.6. The first-order valence-corrected chi connectivity index (χ1v) is 9.73. The van der Waals surface area contributed by atoms with Crippen molar-refractivity contribution in [3.05, 3.63) is 84.2 Å². The first-order valence-electron chi connectivity index (χ1n) is 8.29. The fourth-order valence-electron chi connectivity index (χ4n) is 2.99. The smallest absolute Gasteiger partial charge is 0.264 e. The molecule has 0 spiro atoms. The van der Waals surface area contributed by atoms with Crippen molar-refractivity contribution in [1.82, 2.24) is 4.98 Å². The summed E-state index contributed by atoms with van der Waals surface area (Å²) in [5, 5.41) is 0. The highest BCUT2D eigenvalue weighted by atomic mass is 32.2. The zero-order chi connectivity index (χ0) is 18.0. The van der Waals surface area contributed by atoms with Gasteiger partial charge in [0.15, 0.2) is 0 Å². The molecule has 0 unspecified atom stereocenters. The average Bonchev–Trinajstić information content (AvgIpc) is 3.12. The van der Waals surface area contributed by atoms with E-state index in [2.05, 4.69) is 9.98 Å². The van der Waals surface area contributed by atoms with Crippen molar-refractivity contribution in [2.75, 3.05) is 10.8 Å². The van der Waals surface area contributed by atoms with Crippen LogP contribution in [-0.4, -0.2) is 26.2 Å². The van der Waals surface area contributed by atoms with Crippen molar-refractivity contribution in [1.29, 1.82) is 0 Å². The molecule has 0 N–H and O–H groups in total. The van der Waals surface area contributed by atoms with Gasteiger partial charge in [-0.05, 0) is 48.4 Å². The van der Waals surface area contributed by atoms with E-state index in [-0.39, 0.29) is 4.90 Å². The minimum atomic E-state index is -3.56. The van der Waals surface area contributed by atoms with Gasteiger partial charge in [0, 0.05) is 30.7 Å².